The molecule has 1 heterocycles. The van der Waals surface area contributed by atoms with Crippen LogP contribution in [0.3, 0.4) is 0 Å². The first-order chi connectivity index (χ1) is 12.1. The quantitative estimate of drug-likeness (QED) is 0.789. The van der Waals surface area contributed by atoms with Gasteiger partial charge in [-0.25, -0.2) is 0 Å². The molecule has 1 aromatic rings. The topological polar surface area (TPSA) is 42.4 Å². The van der Waals surface area contributed by atoms with E-state index < -0.39 is 0 Å². The van der Waals surface area contributed by atoms with Crippen LogP contribution in [0.5, 0.6) is 0 Å². The fourth-order valence-corrected chi connectivity index (χ4v) is 6.25. The van der Waals surface area contributed by atoms with Crippen LogP contribution in [0.1, 0.15) is 56.7 Å². The Balaban J connectivity index is 1.48. The number of carbonyl (C=O) groups excluding carboxylic acids is 1. The van der Waals surface area contributed by atoms with Gasteiger partial charge in [-0.05, 0) is 73.8 Å². The molecule has 1 amide bonds. The first-order valence-electron chi connectivity index (χ1n) is 9.74. The Labute approximate surface area is 151 Å². The lowest BCUT2D eigenvalue weighted by Gasteiger charge is -2.57. The van der Waals surface area contributed by atoms with E-state index in [4.69, 9.17) is 4.74 Å². The van der Waals surface area contributed by atoms with Crippen molar-refractivity contribution < 1.29 is 9.53 Å². The van der Waals surface area contributed by atoms with Crippen LogP contribution >= 0.6 is 0 Å². The summed E-state index contributed by atoms with van der Waals surface area (Å²) in [5, 5.41) is 0. The fourth-order valence-electron chi connectivity index (χ4n) is 6.25. The predicted molar refractivity (Wildman–Crippen MR) is 96.8 cm³/mol. The highest BCUT2D eigenvalue weighted by molar-refractivity contribution is 5.77. The summed E-state index contributed by atoms with van der Waals surface area (Å²) >= 11 is 0. The number of carbonyl (C=O) groups is 1. The fraction of sp³-hybridized carbons (Fsp3) is 0.714. The van der Waals surface area contributed by atoms with Crippen molar-refractivity contribution in [3.63, 3.8) is 0 Å². The number of methoxy groups -OCH3 is 1. The van der Waals surface area contributed by atoms with Crippen molar-refractivity contribution in [3.05, 3.63) is 30.1 Å². The molecule has 0 aromatic carbocycles. The lowest BCUT2D eigenvalue weighted by molar-refractivity contribution is -0.141. The van der Waals surface area contributed by atoms with E-state index in [1.54, 1.807) is 13.3 Å². The molecule has 4 fully saturated rings. The second kappa shape index (κ2) is 6.71. The number of amides is 1. The summed E-state index contributed by atoms with van der Waals surface area (Å²) in [6.07, 6.45) is 10.6. The minimum Gasteiger partial charge on any atom is -0.382 e. The zero-order valence-corrected chi connectivity index (χ0v) is 15.5. The van der Waals surface area contributed by atoms with E-state index in [1.165, 1.54) is 38.5 Å². The van der Waals surface area contributed by atoms with Crippen molar-refractivity contribution in [2.24, 2.45) is 23.2 Å². The second-order valence-electron chi connectivity index (χ2n) is 8.82. The summed E-state index contributed by atoms with van der Waals surface area (Å²) in [7, 11) is 3.61. The van der Waals surface area contributed by atoms with Gasteiger partial charge in [0, 0.05) is 26.8 Å². The number of nitrogens with zero attached hydrogens (tertiary/aromatic N) is 2. The van der Waals surface area contributed by atoms with Crippen LogP contribution in [0.2, 0.25) is 0 Å². The Bertz CT molecular complexity index is 580. The molecule has 0 aliphatic heterocycles. The molecule has 4 heteroatoms. The van der Waals surface area contributed by atoms with Gasteiger partial charge in [-0.3, -0.25) is 9.78 Å². The van der Waals surface area contributed by atoms with Crippen LogP contribution in [0, 0.1) is 23.2 Å². The van der Waals surface area contributed by atoms with Gasteiger partial charge in [0.2, 0.25) is 5.91 Å². The van der Waals surface area contributed by atoms with Crippen molar-refractivity contribution in [1.82, 2.24) is 9.88 Å². The van der Waals surface area contributed by atoms with Gasteiger partial charge in [0.25, 0.3) is 0 Å². The second-order valence-corrected chi connectivity index (χ2v) is 8.82. The number of hydrogen-bond donors (Lipinski definition) is 0. The molecule has 0 radical (unpaired) electrons. The molecule has 1 aromatic heterocycles. The monoisotopic (exact) mass is 342 g/mol. The number of pyridine rings is 1. The first kappa shape index (κ1) is 17.0. The van der Waals surface area contributed by atoms with Crippen LogP contribution in [0.25, 0.3) is 0 Å². The van der Waals surface area contributed by atoms with E-state index in [0.717, 1.165) is 23.4 Å². The Hall–Kier alpha value is -1.42. The Morgan fingerprint density at radius 3 is 2.40 bits per heavy atom. The normalized spacial score (nSPS) is 34.1. The first-order valence-corrected chi connectivity index (χ1v) is 9.74. The Morgan fingerprint density at radius 2 is 1.88 bits per heavy atom. The summed E-state index contributed by atoms with van der Waals surface area (Å²) in [6.45, 7) is 0.486. The van der Waals surface area contributed by atoms with E-state index in [1.807, 2.05) is 30.1 Å². The van der Waals surface area contributed by atoms with Crippen LogP contribution < -0.4 is 0 Å². The highest BCUT2D eigenvalue weighted by Crippen LogP contribution is 2.61. The third-order valence-electron chi connectivity index (χ3n) is 6.91. The molecular formula is C21H30N2O2. The van der Waals surface area contributed by atoms with Gasteiger partial charge in [0.05, 0.1) is 18.3 Å². The average Bonchev–Trinajstić information content (AvgIpc) is 2.58. The average molecular weight is 342 g/mol. The van der Waals surface area contributed by atoms with Crippen LogP contribution in [-0.2, 0) is 9.53 Å². The van der Waals surface area contributed by atoms with Crippen LogP contribution in [0.15, 0.2) is 24.4 Å². The van der Waals surface area contributed by atoms with Crippen molar-refractivity contribution in [1.29, 1.82) is 0 Å². The van der Waals surface area contributed by atoms with Gasteiger partial charge < -0.3 is 9.64 Å². The minimum absolute atomic E-state index is 0.104. The maximum atomic E-state index is 13.2. The molecule has 4 aliphatic carbocycles. The molecule has 136 valence electrons. The number of likely N-dealkylation sites (N-methyl/N-ethyl adjacent to an activating group) is 1. The smallest absolute Gasteiger partial charge is 0.223 e. The Morgan fingerprint density at radius 1 is 1.24 bits per heavy atom. The molecule has 4 aliphatic rings. The van der Waals surface area contributed by atoms with Crippen LogP contribution in [-0.4, -0.2) is 36.6 Å². The van der Waals surface area contributed by atoms with Gasteiger partial charge >= 0.3 is 0 Å². The molecule has 0 N–H and O–H groups in total. The Kier molecular flexibility index (Phi) is 4.57. The van der Waals surface area contributed by atoms with E-state index in [9.17, 15) is 4.79 Å². The summed E-state index contributed by atoms with van der Waals surface area (Å²) in [6, 6.07) is 5.76. The van der Waals surface area contributed by atoms with Gasteiger partial charge in [-0.15, -0.1) is 0 Å². The molecule has 4 bridgehead atoms. The standard InChI is InChI=1S/C21H30N2O2/c1-23(19(14-25-2)18-5-3-4-6-22-18)20(24)13-21-10-15-7-16(11-21)9-17(8-15)12-21/h3-6,15-17,19H,7-14H2,1-2H3. The molecule has 0 spiro atoms. The summed E-state index contributed by atoms with van der Waals surface area (Å²) in [5.41, 5.74) is 1.19. The molecule has 4 saturated carbocycles. The lowest BCUT2D eigenvalue weighted by Crippen LogP contribution is -2.48. The van der Waals surface area contributed by atoms with E-state index in [-0.39, 0.29) is 17.4 Å². The number of rotatable bonds is 6. The zero-order chi connectivity index (χ0) is 17.4. The van der Waals surface area contributed by atoms with Gasteiger partial charge in [-0.2, -0.15) is 0 Å². The third kappa shape index (κ3) is 3.33. The summed E-state index contributed by atoms with van der Waals surface area (Å²) < 4.78 is 5.39. The van der Waals surface area contributed by atoms with Crippen molar-refractivity contribution in [3.8, 4) is 0 Å². The van der Waals surface area contributed by atoms with Crippen molar-refractivity contribution in [2.45, 2.75) is 51.0 Å². The number of hydrogen-bond acceptors (Lipinski definition) is 3. The molecule has 25 heavy (non-hydrogen) atoms. The highest BCUT2D eigenvalue weighted by atomic mass is 16.5. The highest BCUT2D eigenvalue weighted by Gasteiger charge is 2.51. The molecule has 0 saturated heterocycles. The number of aromatic nitrogens is 1. The zero-order valence-electron chi connectivity index (χ0n) is 15.5. The SMILES string of the molecule is COCC(c1ccccn1)N(C)C(=O)CC12CC3CC(CC(C3)C1)C2. The lowest BCUT2D eigenvalue weighted by atomic mass is 9.49. The molecule has 1 unspecified atom stereocenters. The van der Waals surface area contributed by atoms with Gasteiger partial charge in [0.1, 0.15) is 0 Å². The van der Waals surface area contributed by atoms with E-state index in [0.29, 0.717) is 13.0 Å². The van der Waals surface area contributed by atoms with Crippen molar-refractivity contribution >= 4 is 5.91 Å². The largest absolute Gasteiger partial charge is 0.382 e. The summed E-state index contributed by atoms with van der Waals surface area (Å²) in [4.78, 5) is 19.5. The molecule has 5 rings (SSSR count). The molecule has 4 nitrogen and oxygen atoms in total. The molecular weight excluding hydrogens is 312 g/mol. The molecule has 1 atom stereocenters. The van der Waals surface area contributed by atoms with Crippen LogP contribution in [0.4, 0.5) is 0 Å². The number of ether oxygens (including phenoxy) is 1. The van der Waals surface area contributed by atoms with E-state index >= 15 is 0 Å². The predicted octanol–water partition coefficient (Wildman–Crippen LogP) is 3.83. The van der Waals surface area contributed by atoms with Crippen molar-refractivity contribution in [2.75, 3.05) is 20.8 Å². The minimum atomic E-state index is -0.104. The maximum Gasteiger partial charge on any atom is 0.223 e. The van der Waals surface area contributed by atoms with Gasteiger partial charge in [-0.1, -0.05) is 6.07 Å². The third-order valence-corrected chi connectivity index (χ3v) is 6.91. The van der Waals surface area contributed by atoms with Gasteiger partial charge in [0.15, 0.2) is 0 Å². The van der Waals surface area contributed by atoms with E-state index in [2.05, 4.69) is 4.98 Å². The maximum absolute atomic E-state index is 13.2. The summed E-state index contributed by atoms with van der Waals surface area (Å²) in [5.74, 6) is 2.91.